The third kappa shape index (κ3) is 4.07. The SMILES string of the molecule is Cc1ccc(Nc2ccc(NC(=O)C(C)(C)C)nc2)c(C)c1. The van der Waals surface area contributed by atoms with Gasteiger partial charge in [0.2, 0.25) is 5.91 Å². The molecule has 4 heteroatoms. The highest BCUT2D eigenvalue weighted by Crippen LogP contribution is 2.22. The normalized spacial score (nSPS) is 11.1. The largest absolute Gasteiger partial charge is 0.354 e. The number of nitrogens with zero attached hydrogens (tertiary/aromatic N) is 1. The van der Waals surface area contributed by atoms with Crippen molar-refractivity contribution in [1.29, 1.82) is 0 Å². The number of amides is 1. The van der Waals surface area contributed by atoms with E-state index in [4.69, 9.17) is 0 Å². The lowest BCUT2D eigenvalue weighted by Crippen LogP contribution is -2.27. The summed E-state index contributed by atoms with van der Waals surface area (Å²) in [6.45, 7) is 9.76. The number of aromatic nitrogens is 1. The minimum atomic E-state index is -0.433. The number of anilines is 3. The zero-order chi connectivity index (χ0) is 16.3. The summed E-state index contributed by atoms with van der Waals surface area (Å²) in [6.07, 6.45) is 1.72. The average Bonchev–Trinajstić information content (AvgIpc) is 2.43. The Labute approximate surface area is 132 Å². The summed E-state index contributed by atoms with van der Waals surface area (Å²) in [6, 6.07) is 9.97. The fourth-order valence-corrected chi connectivity index (χ4v) is 1.95. The van der Waals surface area contributed by atoms with Crippen LogP contribution in [-0.4, -0.2) is 10.9 Å². The van der Waals surface area contributed by atoms with E-state index in [0.29, 0.717) is 5.82 Å². The third-order valence-electron chi connectivity index (χ3n) is 3.35. The summed E-state index contributed by atoms with van der Waals surface area (Å²) < 4.78 is 0. The molecule has 0 bridgehead atoms. The van der Waals surface area contributed by atoms with Gasteiger partial charge in [-0.15, -0.1) is 0 Å². The second kappa shape index (κ2) is 6.18. The minimum Gasteiger partial charge on any atom is -0.354 e. The second-order valence-corrected chi connectivity index (χ2v) is 6.58. The van der Waals surface area contributed by atoms with Crippen LogP contribution in [0.2, 0.25) is 0 Å². The Bertz CT molecular complexity index is 670. The molecule has 0 spiro atoms. The van der Waals surface area contributed by atoms with Crippen LogP contribution in [0.5, 0.6) is 0 Å². The maximum atomic E-state index is 11.9. The molecular weight excluding hydrogens is 274 g/mol. The van der Waals surface area contributed by atoms with Crippen LogP contribution in [-0.2, 0) is 4.79 Å². The topological polar surface area (TPSA) is 54.0 Å². The summed E-state index contributed by atoms with van der Waals surface area (Å²) in [4.78, 5) is 16.2. The number of aryl methyl sites for hydroxylation is 2. The first-order valence-corrected chi connectivity index (χ1v) is 7.37. The van der Waals surface area contributed by atoms with E-state index in [1.165, 1.54) is 11.1 Å². The Kier molecular flexibility index (Phi) is 4.50. The first-order chi connectivity index (χ1) is 10.3. The maximum Gasteiger partial charge on any atom is 0.230 e. The van der Waals surface area contributed by atoms with Gasteiger partial charge in [0.05, 0.1) is 11.9 Å². The molecule has 0 fully saturated rings. The minimum absolute atomic E-state index is 0.0462. The van der Waals surface area contributed by atoms with Crippen molar-refractivity contribution in [2.75, 3.05) is 10.6 Å². The lowest BCUT2D eigenvalue weighted by Gasteiger charge is -2.17. The van der Waals surface area contributed by atoms with Crippen molar-refractivity contribution >= 4 is 23.1 Å². The number of pyridine rings is 1. The molecule has 2 N–H and O–H groups in total. The molecule has 0 unspecified atom stereocenters. The van der Waals surface area contributed by atoms with Crippen LogP contribution >= 0.6 is 0 Å². The standard InChI is InChI=1S/C18H23N3O/c1-12-6-8-15(13(2)10-12)20-14-7-9-16(19-11-14)21-17(22)18(3,4)5/h6-11,20H,1-5H3,(H,19,21,22). The van der Waals surface area contributed by atoms with Gasteiger partial charge in [0.1, 0.15) is 5.82 Å². The van der Waals surface area contributed by atoms with Crippen LogP contribution in [0.1, 0.15) is 31.9 Å². The van der Waals surface area contributed by atoms with Gasteiger partial charge in [0.25, 0.3) is 0 Å². The number of rotatable bonds is 3. The lowest BCUT2D eigenvalue weighted by atomic mass is 9.96. The first kappa shape index (κ1) is 16.0. The fraction of sp³-hybridized carbons (Fsp3) is 0.333. The van der Waals surface area contributed by atoms with E-state index in [9.17, 15) is 4.79 Å². The zero-order valence-electron chi connectivity index (χ0n) is 13.8. The van der Waals surface area contributed by atoms with E-state index in [2.05, 4.69) is 47.7 Å². The molecule has 0 aliphatic rings. The van der Waals surface area contributed by atoms with Gasteiger partial charge in [-0.3, -0.25) is 4.79 Å². The van der Waals surface area contributed by atoms with E-state index in [1.54, 1.807) is 12.3 Å². The molecule has 2 aromatic rings. The van der Waals surface area contributed by atoms with Crippen LogP contribution in [0, 0.1) is 19.3 Å². The first-order valence-electron chi connectivity index (χ1n) is 7.37. The highest BCUT2D eigenvalue weighted by atomic mass is 16.2. The van der Waals surface area contributed by atoms with E-state index >= 15 is 0 Å². The van der Waals surface area contributed by atoms with Gasteiger partial charge in [-0.25, -0.2) is 4.98 Å². The Morgan fingerprint density at radius 2 is 1.82 bits per heavy atom. The van der Waals surface area contributed by atoms with Crippen molar-refractivity contribution in [2.24, 2.45) is 5.41 Å². The number of hydrogen-bond acceptors (Lipinski definition) is 3. The summed E-state index contributed by atoms with van der Waals surface area (Å²) in [5.41, 5.74) is 3.93. The van der Waals surface area contributed by atoms with Crippen molar-refractivity contribution < 1.29 is 4.79 Å². The molecule has 0 aliphatic carbocycles. The number of benzene rings is 1. The summed E-state index contributed by atoms with van der Waals surface area (Å²) in [7, 11) is 0. The molecule has 1 heterocycles. The monoisotopic (exact) mass is 297 g/mol. The predicted octanol–water partition coefficient (Wildman–Crippen LogP) is 4.43. The molecule has 22 heavy (non-hydrogen) atoms. The number of carbonyl (C=O) groups excluding carboxylic acids is 1. The van der Waals surface area contributed by atoms with Crippen molar-refractivity contribution in [3.63, 3.8) is 0 Å². The fourth-order valence-electron chi connectivity index (χ4n) is 1.95. The Balaban J connectivity index is 2.07. The number of carbonyl (C=O) groups is 1. The molecule has 4 nitrogen and oxygen atoms in total. The second-order valence-electron chi connectivity index (χ2n) is 6.58. The smallest absolute Gasteiger partial charge is 0.230 e. The van der Waals surface area contributed by atoms with Crippen molar-refractivity contribution in [2.45, 2.75) is 34.6 Å². The highest BCUT2D eigenvalue weighted by molar-refractivity contribution is 5.93. The molecule has 0 aliphatic heterocycles. The van der Waals surface area contributed by atoms with Gasteiger partial charge >= 0.3 is 0 Å². The van der Waals surface area contributed by atoms with Gasteiger partial charge in [0, 0.05) is 11.1 Å². The van der Waals surface area contributed by atoms with Gasteiger partial charge in [-0.1, -0.05) is 38.5 Å². The molecule has 2 rings (SSSR count). The molecule has 116 valence electrons. The summed E-state index contributed by atoms with van der Waals surface area (Å²) >= 11 is 0. The van der Waals surface area contributed by atoms with Crippen LogP contribution in [0.4, 0.5) is 17.2 Å². The third-order valence-corrected chi connectivity index (χ3v) is 3.35. The molecule has 1 amide bonds. The maximum absolute atomic E-state index is 11.9. The summed E-state index contributed by atoms with van der Waals surface area (Å²) in [5, 5.41) is 6.15. The zero-order valence-corrected chi connectivity index (χ0v) is 13.8. The van der Waals surface area contributed by atoms with E-state index in [1.807, 2.05) is 26.8 Å². The molecular formula is C18H23N3O. The van der Waals surface area contributed by atoms with Crippen molar-refractivity contribution in [1.82, 2.24) is 4.98 Å². The van der Waals surface area contributed by atoms with Crippen LogP contribution in [0.3, 0.4) is 0 Å². The van der Waals surface area contributed by atoms with E-state index in [0.717, 1.165) is 11.4 Å². The van der Waals surface area contributed by atoms with Crippen LogP contribution < -0.4 is 10.6 Å². The quantitative estimate of drug-likeness (QED) is 0.881. The number of hydrogen-bond donors (Lipinski definition) is 2. The van der Waals surface area contributed by atoms with Crippen molar-refractivity contribution in [3.05, 3.63) is 47.7 Å². The Morgan fingerprint density at radius 3 is 2.36 bits per heavy atom. The van der Waals surface area contributed by atoms with Gasteiger partial charge in [-0.2, -0.15) is 0 Å². The molecule has 0 radical (unpaired) electrons. The van der Waals surface area contributed by atoms with Gasteiger partial charge < -0.3 is 10.6 Å². The predicted molar refractivity (Wildman–Crippen MR) is 91.5 cm³/mol. The molecule has 1 aromatic carbocycles. The summed E-state index contributed by atoms with van der Waals surface area (Å²) in [5.74, 6) is 0.515. The van der Waals surface area contributed by atoms with E-state index < -0.39 is 5.41 Å². The molecule has 0 atom stereocenters. The Morgan fingerprint density at radius 1 is 1.09 bits per heavy atom. The number of nitrogens with one attached hydrogen (secondary N) is 2. The lowest BCUT2D eigenvalue weighted by molar-refractivity contribution is -0.123. The highest BCUT2D eigenvalue weighted by Gasteiger charge is 2.21. The molecule has 1 aromatic heterocycles. The van der Waals surface area contributed by atoms with E-state index in [-0.39, 0.29) is 5.91 Å². The Hall–Kier alpha value is -2.36. The van der Waals surface area contributed by atoms with Gasteiger partial charge in [0.15, 0.2) is 0 Å². The van der Waals surface area contributed by atoms with Gasteiger partial charge in [-0.05, 0) is 37.6 Å². The van der Waals surface area contributed by atoms with Crippen LogP contribution in [0.25, 0.3) is 0 Å². The average molecular weight is 297 g/mol. The molecule has 0 saturated carbocycles. The molecule has 0 saturated heterocycles. The van der Waals surface area contributed by atoms with Crippen LogP contribution in [0.15, 0.2) is 36.5 Å². The van der Waals surface area contributed by atoms with Crippen molar-refractivity contribution in [3.8, 4) is 0 Å².